The van der Waals surface area contributed by atoms with Crippen molar-refractivity contribution in [2.45, 2.75) is 6.42 Å². The Morgan fingerprint density at radius 1 is 1.43 bits per heavy atom. The SMILES string of the molecule is C1=CCC=NC=C1.[H+]. The van der Waals surface area contributed by atoms with Gasteiger partial charge in [0.15, 0.2) is 0 Å². The Balaban J connectivity index is 0.000000490. The van der Waals surface area contributed by atoms with E-state index in [2.05, 4.69) is 11.1 Å². The van der Waals surface area contributed by atoms with Gasteiger partial charge in [0, 0.05) is 18.8 Å². The summed E-state index contributed by atoms with van der Waals surface area (Å²) >= 11 is 0. The van der Waals surface area contributed by atoms with Gasteiger partial charge in [-0.3, -0.25) is 4.99 Å². The van der Waals surface area contributed by atoms with Crippen molar-refractivity contribution < 1.29 is 1.43 Å². The molecule has 0 saturated carbocycles. The molecule has 1 aliphatic heterocycles. The Hall–Kier alpha value is -0.850. The highest BCUT2D eigenvalue weighted by atomic mass is 14.7. The molecule has 0 aliphatic carbocycles. The molecule has 0 saturated heterocycles. The molecule has 0 radical (unpaired) electrons. The molecular weight excluding hydrogens is 86.1 g/mol. The average molecular weight is 94.1 g/mol. The molecule has 1 rings (SSSR count). The maximum absolute atomic E-state index is 3.90. The largest absolute Gasteiger partial charge is 1.00 e. The molecule has 0 bridgehead atoms. The minimum atomic E-state index is 0. The Kier molecular flexibility index (Phi) is 1.44. The first-order valence-corrected chi connectivity index (χ1v) is 2.33. The average Bonchev–Trinajstić information content (AvgIpc) is 1.90. The smallest absolute Gasteiger partial charge is 0.269 e. The molecule has 0 amide bonds. The van der Waals surface area contributed by atoms with Crippen molar-refractivity contribution in [1.82, 2.24) is 0 Å². The van der Waals surface area contributed by atoms with Crippen LogP contribution in [0.1, 0.15) is 7.85 Å². The fraction of sp³-hybridized carbons (Fsp3) is 0.167. The summed E-state index contributed by atoms with van der Waals surface area (Å²) in [7, 11) is 0. The van der Waals surface area contributed by atoms with Crippen molar-refractivity contribution in [2.24, 2.45) is 4.99 Å². The quantitative estimate of drug-likeness (QED) is 0.432. The van der Waals surface area contributed by atoms with E-state index in [9.17, 15) is 0 Å². The first-order chi connectivity index (χ1) is 3.50. The first kappa shape index (κ1) is 4.31. The molecule has 0 aromatic rings. The summed E-state index contributed by atoms with van der Waals surface area (Å²) < 4.78 is 0. The number of rotatable bonds is 0. The predicted molar refractivity (Wildman–Crippen MR) is 32.5 cm³/mol. The molecule has 0 aromatic heterocycles. The van der Waals surface area contributed by atoms with Gasteiger partial charge >= 0.3 is 1.43 Å². The lowest BCUT2D eigenvalue weighted by molar-refractivity contribution is 1.50. The number of hydrogen-bond acceptors (Lipinski definition) is 1. The summed E-state index contributed by atoms with van der Waals surface area (Å²) in [5.74, 6) is 0. The molecule has 0 aromatic carbocycles. The van der Waals surface area contributed by atoms with Crippen LogP contribution >= 0.6 is 0 Å². The topological polar surface area (TPSA) is 12.4 Å². The summed E-state index contributed by atoms with van der Waals surface area (Å²) in [5.41, 5.74) is 0. The van der Waals surface area contributed by atoms with Crippen LogP contribution in [0.3, 0.4) is 0 Å². The van der Waals surface area contributed by atoms with Crippen LogP contribution in [0.25, 0.3) is 0 Å². The summed E-state index contributed by atoms with van der Waals surface area (Å²) in [4.78, 5) is 3.90. The predicted octanol–water partition coefficient (Wildman–Crippen LogP) is 1.64. The molecule has 0 unspecified atom stereocenters. The second-order valence-electron chi connectivity index (χ2n) is 1.34. The van der Waals surface area contributed by atoms with Crippen LogP contribution in [0.15, 0.2) is 29.4 Å². The van der Waals surface area contributed by atoms with Crippen molar-refractivity contribution in [3.05, 3.63) is 24.4 Å². The highest BCUT2D eigenvalue weighted by molar-refractivity contribution is 5.61. The van der Waals surface area contributed by atoms with Crippen LogP contribution in [0, 0.1) is 0 Å². The molecule has 1 heterocycles. The van der Waals surface area contributed by atoms with Crippen LogP contribution in [0.5, 0.6) is 0 Å². The second-order valence-corrected chi connectivity index (χ2v) is 1.34. The van der Waals surface area contributed by atoms with Gasteiger partial charge in [0.1, 0.15) is 0 Å². The van der Waals surface area contributed by atoms with Gasteiger partial charge in [0.25, 0.3) is 0 Å². The summed E-state index contributed by atoms with van der Waals surface area (Å²) in [6, 6.07) is 0. The van der Waals surface area contributed by atoms with Gasteiger partial charge in [0.2, 0.25) is 0 Å². The zero-order chi connectivity index (χ0) is 4.95. The van der Waals surface area contributed by atoms with Gasteiger partial charge in [-0.1, -0.05) is 12.2 Å². The van der Waals surface area contributed by atoms with Gasteiger partial charge in [-0.15, -0.1) is 0 Å². The summed E-state index contributed by atoms with van der Waals surface area (Å²) in [6.45, 7) is 0. The van der Waals surface area contributed by atoms with E-state index in [-0.39, 0.29) is 1.43 Å². The zero-order valence-corrected chi connectivity index (χ0v) is 4.04. The second kappa shape index (κ2) is 2.35. The van der Waals surface area contributed by atoms with Gasteiger partial charge in [-0.2, -0.15) is 0 Å². The minimum Gasteiger partial charge on any atom is -0.269 e. The van der Waals surface area contributed by atoms with Gasteiger partial charge < -0.3 is 0 Å². The molecule has 1 heteroatoms. The lowest BCUT2D eigenvalue weighted by Crippen LogP contribution is -1.61. The lowest BCUT2D eigenvalue weighted by Gasteiger charge is -1.68. The highest BCUT2D eigenvalue weighted by Gasteiger charge is 1.71. The third-order valence-corrected chi connectivity index (χ3v) is 0.766. The van der Waals surface area contributed by atoms with E-state index in [4.69, 9.17) is 0 Å². The number of aliphatic imine (C=N–C) groups is 1. The Bertz CT molecular complexity index is 110. The van der Waals surface area contributed by atoms with Crippen molar-refractivity contribution >= 4 is 6.21 Å². The van der Waals surface area contributed by atoms with E-state index in [0.29, 0.717) is 0 Å². The van der Waals surface area contributed by atoms with Gasteiger partial charge in [-0.25, -0.2) is 0 Å². The normalized spacial score (nSPS) is 17.1. The zero-order valence-electron chi connectivity index (χ0n) is 5.04. The number of hydrogen-bond donors (Lipinski definition) is 0. The number of nitrogens with zero attached hydrogens (tertiary/aromatic N) is 1. The molecule has 1 nitrogen and oxygen atoms in total. The fourth-order valence-corrected chi connectivity index (χ4v) is 0.439. The molecule has 0 fully saturated rings. The van der Waals surface area contributed by atoms with Crippen LogP contribution in [0.4, 0.5) is 0 Å². The maximum atomic E-state index is 3.90. The molecule has 1 aliphatic rings. The van der Waals surface area contributed by atoms with E-state index >= 15 is 0 Å². The first-order valence-electron chi connectivity index (χ1n) is 2.33. The van der Waals surface area contributed by atoms with E-state index in [1.807, 2.05) is 18.4 Å². The third-order valence-electron chi connectivity index (χ3n) is 0.766. The molecule has 36 valence electrons. The fourth-order valence-electron chi connectivity index (χ4n) is 0.439. The van der Waals surface area contributed by atoms with Crippen LogP contribution in [-0.2, 0) is 0 Å². The molecular formula is C6H8N+. The molecule has 0 spiro atoms. The Morgan fingerprint density at radius 3 is 3.43 bits per heavy atom. The summed E-state index contributed by atoms with van der Waals surface area (Å²) in [6.07, 6.45) is 10.6. The number of allylic oxidation sites excluding steroid dienone is 3. The van der Waals surface area contributed by atoms with Crippen LogP contribution in [0.2, 0.25) is 0 Å². The van der Waals surface area contributed by atoms with Crippen molar-refractivity contribution in [2.75, 3.05) is 0 Å². The molecule has 0 atom stereocenters. The maximum Gasteiger partial charge on any atom is 1.00 e. The van der Waals surface area contributed by atoms with E-state index in [0.717, 1.165) is 6.42 Å². The van der Waals surface area contributed by atoms with Gasteiger partial charge in [-0.05, 0) is 6.08 Å². The standard InChI is InChI=1S/C6H7N/c1-2-4-6-7-5-3-1/h1-3,5-6H,4H2/p+1. The monoisotopic (exact) mass is 94.1 g/mol. The third kappa shape index (κ3) is 1.35. The van der Waals surface area contributed by atoms with Crippen LogP contribution < -0.4 is 0 Å². The van der Waals surface area contributed by atoms with Crippen molar-refractivity contribution in [3.63, 3.8) is 0 Å². The Morgan fingerprint density at radius 2 is 2.43 bits per heavy atom. The Labute approximate surface area is 44.6 Å². The lowest BCUT2D eigenvalue weighted by atomic mass is 10.4. The minimum absolute atomic E-state index is 0. The molecule has 7 heavy (non-hydrogen) atoms. The van der Waals surface area contributed by atoms with E-state index in [1.165, 1.54) is 0 Å². The van der Waals surface area contributed by atoms with Crippen LogP contribution in [-0.4, -0.2) is 6.21 Å². The molecule has 0 N–H and O–H groups in total. The van der Waals surface area contributed by atoms with Crippen molar-refractivity contribution in [1.29, 1.82) is 0 Å². The van der Waals surface area contributed by atoms with Crippen molar-refractivity contribution in [3.8, 4) is 0 Å². The highest BCUT2D eigenvalue weighted by Crippen LogP contribution is 1.86. The van der Waals surface area contributed by atoms with E-state index in [1.54, 1.807) is 6.20 Å². The van der Waals surface area contributed by atoms with Gasteiger partial charge in [0.05, 0.1) is 0 Å². The summed E-state index contributed by atoms with van der Waals surface area (Å²) in [5, 5.41) is 0. The van der Waals surface area contributed by atoms with E-state index < -0.39 is 0 Å².